The first kappa shape index (κ1) is 17.7. The molecule has 7 heteroatoms. The van der Waals surface area contributed by atoms with Gasteiger partial charge in [-0.05, 0) is 31.5 Å². The van der Waals surface area contributed by atoms with E-state index in [0.29, 0.717) is 5.02 Å². The maximum absolute atomic E-state index is 10.2. The van der Waals surface area contributed by atoms with E-state index >= 15 is 0 Å². The van der Waals surface area contributed by atoms with Crippen molar-refractivity contribution in [1.29, 1.82) is 10.5 Å². The number of benzene rings is 1. The SMILES string of the molecule is CCOC1(OCC)N=C(N)[C@@]2(C#N)[C@](C)(c3ccc(Cl)cc3)[C@@]12C#N. The lowest BCUT2D eigenvalue weighted by Gasteiger charge is -2.34. The molecule has 0 spiro atoms. The van der Waals surface area contributed by atoms with E-state index in [9.17, 15) is 10.5 Å². The molecule has 0 aromatic heterocycles. The molecule has 0 saturated heterocycles. The van der Waals surface area contributed by atoms with Crippen molar-refractivity contribution in [3.05, 3.63) is 34.9 Å². The number of nitrogens with zero attached hydrogens (tertiary/aromatic N) is 3. The fraction of sp³-hybridized carbons (Fsp3) is 0.500. The summed E-state index contributed by atoms with van der Waals surface area (Å²) in [6, 6.07) is 11.6. The third-order valence-electron chi connectivity index (χ3n) is 5.56. The molecule has 0 radical (unpaired) electrons. The topological polar surface area (TPSA) is 104 Å². The van der Waals surface area contributed by atoms with Crippen LogP contribution in [0.2, 0.25) is 5.02 Å². The minimum Gasteiger partial charge on any atom is -0.386 e. The van der Waals surface area contributed by atoms with Crippen molar-refractivity contribution in [3.8, 4) is 12.1 Å². The maximum atomic E-state index is 10.2. The van der Waals surface area contributed by atoms with Gasteiger partial charge in [0.15, 0.2) is 10.8 Å². The summed E-state index contributed by atoms with van der Waals surface area (Å²) in [7, 11) is 0. The van der Waals surface area contributed by atoms with E-state index in [1.165, 1.54) is 0 Å². The second kappa shape index (κ2) is 5.44. The van der Waals surface area contributed by atoms with Crippen molar-refractivity contribution in [2.24, 2.45) is 21.6 Å². The van der Waals surface area contributed by atoms with Gasteiger partial charge in [0.05, 0.1) is 12.1 Å². The predicted octanol–water partition coefficient (Wildman–Crippen LogP) is 2.73. The highest BCUT2D eigenvalue weighted by molar-refractivity contribution is 6.30. The number of amidine groups is 1. The average molecular weight is 359 g/mol. The highest BCUT2D eigenvalue weighted by Crippen LogP contribution is 2.85. The molecule has 1 fully saturated rings. The summed E-state index contributed by atoms with van der Waals surface area (Å²) < 4.78 is 11.7. The fourth-order valence-corrected chi connectivity index (χ4v) is 4.62. The Labute approximate surface area is 151 Å². The van der Waals surface area contributed by atoms with Crippen LogP contribution in [0.3, 0.4) is 0 Å². The summed E-state index contributed by atoms with van der Waals surface area (Å²) in [5.41, 5.74) is 3.31. The molecule has 1 saturated carbocycles. The van der Waals surface area contributed by atoms with Crippen LogP contribution in [0.4, 0.5) is 0 Å². The van der Waals surface area contributed by atoms with E-state index in [-0.39, 0.29) is 19.0 Å². The number of fused-ring (bicyclic) bond motifs is 1. The Bertz CT molecular complexity index is 819. The smallest absolute Gasteiger partial charge is 0.293 e. The Balaban J connectivity index is 2.30. The fourth-order valence-electron chi connectivity index (χ4n) is 4.50. The van der Waals surface area contributed by atoms with E-state index in [1.54, 1.807) is 38.1 Å². The number of hydrogen-bond acceptors (Lipinski definition) is 6. The number of ether oxygens (including phenoxy) is 2. The lowest BCUT2D eigenvalue weighted by molar-refractivity contribution is -0.257. The van der Waals surface area contributed by atoms with Gasteiger partial charge in [-0.15, -0.1) is 0 Å². The lowest BCUT2D eigenvalue weighted by Crippen LogP contribution is -2.46. The number of nitrogens with two attached hydrogens (primary N) is 1. The quantitative estimate of drug-likeness (QED) is 0.815. The molecular formula is C18H19ClN4O2. The van der Waals surface area contributed by atoms with Crippen LogP contribution in [0.15, 0.2) is 29.3 Å². The summed E-state index contributed by atoms with van der Waals surface area (Å²) in [5.74, 6) is -1.55. The van der Waals surface area contributed by atoms with Gasteiger partial charge in [-0.1, -0.05) is 30.7 Å². The van der Waals surface area contributed by atoms with E-state index in [2.05, 4.69) is 17.1 Å². The van der Waals surface area contributed by atoms with Crippen LogP contribution in [0.5, 0.6) is 0 Å². The highest BCUT2D eigenvalue weighted by atomic mass is 35.5. The minimum absolute atomic E-state index is 0.0656. The monoisotopic (exact) mass is 358 g/mol. The molecular weight excluding hydrogens is 340 g/mol. The maximum Gasteiger partial charge on any atom is 0.293 e. The number of rotatable bonds is 5. The predicted molar refractivity (Wildman–Crippen MR) is 92.5 cm³/mol. The van der Waals surface area contributed by atoms with Crippen molar-refractivity contribution >= 4 is 17.4 Å². The van der Waals surface area contributed by atoms with Crippen molar-refractivity contribution in [2.75, 3.05) is 13.2 Å². The van der Waals surface area contributed by atoms with Crippen LogP contribution >= 0.6 is 11.6 Å². The first-order chi connectivity index (χ1) is 11.9. The van der Waals surface area contributed by atoms with Gasteiger partial charge in [-0.2, -0.15) is 10.5 Å². The van der Waals surface area contributed by atoms with Crippen LogP contribution in [0, 0.1) is 33.5 Å². The number of halogens is 1. The highest BCUT2D eigenvalue weighted by Gasteiger charge is 2.99. The van der Waals surface area contributed by atoms with Crippen molar-refractivity contribution in [1.82, 2.24) is 0 Å². The Hall–Kier alpha value is -2.12. The molecule has 25 heavy (non-hydrogen) atoms. The molecule has 6 nitrogen and oxygen atoms in total. The van der Waals surface area contributed by atoms with Gasteiger partial charge in [-0.3, -0.25) is 0 Å². The van der Waals surface area contributed by atoms with Gasteiger partial charge in [0.1, 0.15) is 5.84 Å². The molecule has 0 amide bonds. The van der Waals surface area contributed by atoms with Gasteiger partial charge >= 0.3 is 0 Å². The second-order valence-corrected chi connectivity index (χ2v) is 6.74. The van der Waals surface area contributed by atoms with Crippen LogP contribution < -0.4 is 5.73 Å². The standard InChI is InChI=1S/C18H19ClN4O2/c1-4-24-18(25-5-2)17(11-21)15(3,12-6-8-13(19)9-7-12)16(17,10-20)14(22)23-18/h6-9H,4-5H2,1-3H3,(H2,22,23)/t15-,16-,17+/m0/s1. The number of aliphatic imine (C=N–C) groups is 1. The first-order valence-electron chi connectivity index (χ1n) is 8.09. The van der Waals surface area contributed by atoms with Gasteiger partial charge in [0, 0.05) is 23.7 Å². The largest absolute Gasteiger partial charge is 0.386 e. The third kappa shape index (κ3) is 1.63. The Kier molecular flexibility index (Phi) is 3.85. The van der Waals surface area contributed by atoms with Gasteiger partial charge in [0.25, 0.3) is 5.91 Å². The molecule has 0 bridgehead atoms. The Morgan fingerprint density at radius 1 is 1.12 bits per heavy atom. The summed E-state index contributed by atoms with van der Waals surface area (Å²) >= 11 is 6.00. The Morgan fingerprint density at radius 2 is 1.68 bits per heavy atom. The molecule has 1 aromatic carbocycles. The van der Waals surface area contributed by atoms with E-state index < -0.39 is 22.2 Å². The van der Waals surface area contributed by atoms with E-state index in [1.807, 2.05) is 6.92 Å². The second-order valence-electron chi connectivity index (χ2n) is 6.30. The third-order valence-corrected chi connectivity index (χ3v) is 5.81. The van der Waals surface area contributed by atoms with E-state index in [0.717, 1.165) is 5.56 Å². The van der Waals surface area contributed by atoms with Crippen LogP contribution in [0.1, 0.15) is 26.3 Å². The molecule has 1 heterocycles. The molecule has 3 atom stereocenters. The van der Waals surface area contributed by atoms with Gasteiger partial charge in [-0.25, -0.2) is 4.99 Å². The molecule has 130 valence electrons. The van der Waals surface area contributed by atoms with Crippen LogP contribution in [-0.4, -0.2) is 25.0 Å². The molecule has 2 N–H and O–H groups in total. The zero-order chi connectivity index (χ0) is 18.5. The van der Waals surface area contributed by atoms with Crippen molar-refractivity contribution in [3.63, 3.8) is 0 Å². The molecule has 1 aromatic rings. The lowest BCUT2D eigenvalue weighted by atomic mass is 9.84. The normalized spacial score (nSPS) is 34.6. The summed E-state index contributed by atoms with van der Waals surface area (Å²) in [4.78, 5) is 4.33. The van der Waals surface area contributed by atoms with Crippen molar-refractivity contribution < 1.29 is 9.47 Å². The zero-order valence-electron chi connectivity index (χ0n) is 14.3. The van der Waals surface area contributed by atoms with Gasteiger partial charge < -0.3 is 15.2 Å². The van der Waals surface area contributed by atoms with Crippen LogP contribution in [0.25, 0.3) is 0 Å². The molecule has 2 aliphatic rings. The first-order valence-corrected chi connectivity index (χ1v) is 8.47. The average Bonchev–Trinajstić information content (AvgIpc) is 3.01. The molecule has 1 aliphatic carbocycles. The summed E-state index contributed by atoms with van der Waals surface area (Å²) in [6.07, 6.45) is 0. The number of nitriles is 2. The van der Waals surface area contributed by atoms with Gasteiger partial charge in [0.2, 0.25) is 0 Å². The molecule has 3 rings (SSSR count). The minimum atomic E-state index is -1.61. The van der Waals surface area contributed by atoms with Crippen LogP contribution in [-0.2, 0) is 14.9 Å². The van der Waals surface area contributed by atoms with Crippen molar-refractivity contribution in [2.45, 2.75) is 32.1 Å². The molecule has 1 aliphatic heterocycles. The Morgan fingerprint density at radius 3 is 2.12 bits per heavy atom. The zero-order valence-corrected chi connectivity index (χ0v) is 15.1. The summed E-state index contributed by atoms with van der Waals surface area (Å²) in [5, 5.41) is 20.8. The number of hydrogen-bond donors (Lipinski definition) is 1. The summed E-state index contributed by atoms with van der Waals surface area (Å²) in [6.45, 7) is 5.92. The van der Waals surface area contributed by atoms with E-state index in [4.69, 9.17) is 26.8 Å². The molecule has 0 unspecified atom stereocenters.